The highest BCUT2D eigenvalue weighted by Gasteiger charge is 2.34. The molecule has 51 heavy (non-hydrogen) atoms. The highest BCUT2D eigenvalue weighted by atomic mass is 35.5. The number of guanidine groups is 1. The number of halogens is 2. The number of hydrogen-bond donors (Lipinski definition) is 12. The Morgan fingerprint density at radius 2 is 1.78 bits per heavy atom. The number of hydrogen-bond acceptors (Lipinski definition) is 13. The molecular weight excluding hydrogens is 709 g/mol. The zero-order chi connectivity index (χ0) is 37.7. The lowest BCUT2D eigenvalue weighted by molar-refractivity contribution is -0.133. The van der Waals surface area contributed by atoms with Crippen molar-refractivity contribution in [1.82, 2.24) is 37.2 Å². The highest BCUT2D eigenvalue weighted by molar-refractivity contribution is 6.42. The Hall–Kier alpha value is -4.69. The van der Waals surface area contributed by atoms with Crippen molar-refractivity contribution >= 4 is 70.3 Å². The molecule has 2 aliphatic heterocycles. The van der Waals surface area contributed by atoms with Crippen LogP contribution in [0.5, 0.6) is 0 Å². The fourth-order valence-electron chi connectivity index (χ4n) is 4.87. The van der Waals surface area contributed by atoms with Crippen LogP contribution in [0.25, 0.3) is 0 Å². The fourth-order valence-corrected chi connectivity index (χ4v) is 5.16. The second-order valence-electron chi connectivity index (χ2n) is 11.9. The first kappa shape index (κ1) is 40.7. The van der Waals surface area contributed by atoms with Crippen molar-refractivity contribution in [1.29, 1.82) is 0 Å². The molecule has 1 fully saturated rings. The van der Waals surface area contributed by atoms with Crippen molar-refractivity contribution in [3.63, 3.8) is 0 Å². The first-order chi connectivity index (χ1) is 24.2. The minimum atomic E-state index is -1.48. The predicted molar refractivity (Wildman–Crippen MR) is 191 cm³/mol. The number of nitrogens with one attached hydrogen (secondary N) is 8. The summed E-state index contributed by atoms with van der Waals surface area (Å²) in [4.78, 5) is 84.0. The van der Waals surface area contributed by atoms with Crippen molar-refractivity contribution in [3.05, 3.63) is 40.1 Å². The first-order valence-electron chi connectivity index (χ1n) is 16.2. The Labute approximate surface area is 304 Å². The van der Waals surface area contributed by atoms with E-state index in [4.69, 9.17) is 46.1 Å². The normalized spacial score (nSPS) is 25.2. The molecule has 0 aromatic heterocycles. The van der Waals surface area contributed by atoms with E-state index in [9.17, 15) is 28.8 Å². The molecule has 1 saturated heterocycles. The Balaban J connectivity index is 1.99. The summed E-state index contributed by atoms with van der Waals surface area (Å²) < 4.78 is 0. The van der Waals surface area contributed by atoms with Gasteiger partial charge in [-0.15, -0.1) is 0 Å². The van der Waals surface area contributed by atoms with Crippen LogP contribution in [0, 0.1) is 0 Å². The van der Waals surface area contributed by atoms with E-state index < -0.39 is 83.9 Å². The zero-order valence-electron chi connectivity index (χ0n) is 27.9. The number of amides is 6. The Morgan fingerprint density at radius 3 is 2.47 bits per heavy atom. The number of anilines is 1. The van der Waals surface area contributed by atoms with Gasteiger partial charge >= 0.3 is 0 Å². The van der Waals surface area contributed by atoms with Crippen LogP contribution >= 0.6 is 23.2 Å². The number of nitrogens with zero attached hydrogens (tertiary/aromatic N) is 1. The topological polar surface area (TPSA) is 315 Å². The summed E-state index contributed by atoms with van der Waals surface area (Å²) in [5.41, 5.74) is 23.3. The number of carbonyl (C=O) groups is 6. The molecular formula is C30H45Cl2N13O6. The molecule has 2 aliphatic rings. The zero-order valence-corrected chi connectivity index (χ0v) is 29.4. The van der Waals surface area contributed by atoms with E-state index in [1.54, 1.807) is 6.07 Å². The molecule has 0 spiro atoms. The van der Waals surface area contributed by atoms with Gasteiger partial charge < -0.3 is 65.5 Å². The maximum Gasteiger partial charge on any atom is 0.270 e. The summed E-state index contributed by atoms with van der Waals surface area (Å²) in [5, 5.41) is 21.2. The maximum atomic E-state index is 13.9. The molecule has 16 N–H and O–H groups in total. The SMILES string of the molecule is C[C@@H]1NC(=O)[C@@H](N)CNC(=O)[C@H]([C@H]2CCNC(N)=N2)NC(=O)/C(=C/Nc2ccc(Cl)c(Cl)c2)NC(=O)[C@H](CNC(=O)C[C@@H](N)CCCN)NC1=O. The van der Waals surface area contributed by atoms with E-state index in [1.807, 2.05) is 0 Å². The van der Waals surface area contributed by atoms with Gasteiger partial charge in [-0.1, -0.05) is 23.2 Å². The highest BCUT2D eigenvalue weighted by Crippen LogP contribution is 2.25. The Morgan fingerprint density at radius 1 is 1.04 bits per heavy atom. The van der Waals surface area contributed by atoms with Gasteiger partial charge in [0.2, 0.25) is 29.5 Å². The number of rotatable bonds is 10. The lowest BCUT2D eigenvalue weighted by Gasteiger charge is -2.29. The summed E-state index contributed by atoms with van der Waals surface area (Å²) >= 11 is 12.2. The van der Waals surface area contributed by atoms with Gasteiger partial charge in [-0.3, -0.25) is 28.8 Å². The van der Waals surface area contributed by atoms with Crippen LogP contribution in [0.3, 0.4) is 0 Å². The van der Waals surface area contributed by atoms with Gasteiger partial charge in [-0.2, -0.15) is 0 Å². The Kier molecular flexibility index (Phi) is 15.7. The summed E-state index contributed by atoms with van der Waals surface area (Å²) in [6.45, 7) is 1.29. The van der Waals surface area contributed by atoms with Crippen LogP contribution in [0.15, 0.2) is 35.1 Å². The Bertz CT molecular complexity index is 1530. The molecule has 0 radical (unpaired) electrons. The summed E-state index contributed by atoms with van der Waals surface area (Å²) in [5.74, 6) is -4.71. The molecule has 3 rings (SSSR count). The molecule has 6 amide bonds. The number of benzene rings is 1. The van der Waals surface area contributed by atoms with Crippen molar-refractivity contribution < 1.29 is 28.8 Å². The van der Waals surface area contributed by atoms with Crippen molar-refractivity contribution in [3.8, 4) is 0 Å². The summed E-state index contributed by atoms with van der Waals surface area (Å²) in [6.07, 6.45) is 2.43. The average molecular weight is 755 g/mol. The number of nitrogens with two attached hydrogens (primary N) is 4. The van der Waals surface area contributed by atoms with Crippen molar-refractivity contribution in [2.45, 2.75) is 68.9 Å². The molecule has 1 aromatic carbocycles. The standard InChI is InChI=1S/C30H45Cl2N13O6/c1-14-25(47)42-22(13-39-23(46)9-15(34)3-2-7-33)27(49)43-21(12-38-16-4-5-17(31)18(32)10-16)28(50)45-24(20-6-8-37-30(36)44-20)29(51)40-11-19(35)26(48)41-14/h4-5,10,12,14-15,19-20,22,24,38H,2-3,6-9,11,13,33-35H2,1H3,(H,39,46)(H,40,51)(H,41,48)(H,42,47)(H,43,49)(H,45,50)(H3,36,37,44)/b21-12-/t14-,15-,19-,20+,22-,24-/m0/s1. The van der Waals surface area contributed by atoms with Gasteiger partial charge in [0.15, 0.2) is 5.96 Å². The fraction of sp³-hybridized carbons (Fsp3) is 0.500. The van der Waals surface area contributed by atoms with Crippen LogP contribution in [0.2, 0.25) is 10.0 Å². The van der Waals surface area contributed by atoms with E-state index in [1.165, 1.54) is 19.1 Å². The lowest BCUT2D eigenvalue weighted by atomic mass is 10.0. The van der Waals surface area contributed by atoms with Gasteiger partial charge in [0, 0.05) is 44.0 Å². The first-order valence-corrected chi connectivity index (χ1v) is 16.9. The van der Waals surface area contributed by atoms with Gasteiger partial charge in [0.1, 0.15) is 29.9 Å². The maximum absolute atomic E-state index is 13.9. The van der Waals surface area contributed by atoms with E-state index in [0.29, 0.717) is 31.6 Å². The molecule has 0 unspecified atom stereocenters. The van der Waals surface area contributed by atoms with E-state index in [-0.39, 0.29) is 35.4 Å². The molecule has 0 saturated carbocycles. The third-order valence-electron chi connectivity index (χ3n) is 7.76. The quantitative estimate of drug-likeness (QED) is 0.104. The number of aliphatic imine (C=N–C) groups is 1. The van der Waals surface area contributed by atoms with Crippen LogP contribution < -0.4 is 65.5 Å². The van der Waals surface area contributed by atoms with Crippen molar-refractivity contribution in [2.24, 2.45) is 27.9 Å². The second kappa shape index (κ2) is 19.6. The number of carbonyl (C=O) groups excluding carboxylic acids is 6. The van der Waals surface area contributed by atoms with Crippen LogP contribution in [0.4, 0.5) is 5.69 Å². The largest absolute Gasteiger partial charge is 0.370 e. The molecule has 0 bridgehead atoms. The smallest absolute Gasteiger partial charge is 0.270 e. The molecule has 21 heteroatoms. The summed E-state index contributed by atoms with van der Waals surface area (Å²) in [7, 11) is 0. The molecule has 280 valence electrons. The molecule has 19 nitrogen and oxygen atoms in total. The van der Waals surface area contributed by atoms with Gasteiger partial charge in [-0.25, -0.2) is 4.99 Å². The monoisotopic (exact) mass is 753 g/mol. The average Bonchev–Trinajstić information content (AvgIpc) is 3.09. The molecule has 1 aromatic rings. The van der Waals surface area contributed by atoms with Crippen LogP contribution in [-0.2, 0) is 28.8 Å². The minimum Gasteiger partial charge on any atom is -0.370 e. The van der Waals surface area contributed by atoms with Gasteiger partial charge in [0.05, 0.1) is 16.1 Å². The van der Waals surface area contributed by atoms with Crippen LogP contribution in [0.1, 0.15) is 32.6 Å². The van der Waals surface area contributed by atoms with Gasteiger partial charge in [-0.05, 0) is 50.9 Å². The third kappa shape index (κ3) is 12.9. The van der Waals surface area contributed by atoms with Crippen LogP contribution in [-0.4, -0.2) is 104 Å². The third-order valence-corrected chi connectivity index (χ3v) is 8.50. The van der Waals surface area contributed by atoms with E-state index >= 15 is 0 Å². The predicted octanol–water partition coefficient (Wildman–Crippen LogP) is -3.46. The van der Waals surface area contributed by atoms with E-state index in [0.717, 1.165) is 6.20 Å². The lowest BCUT2D eigenvalue weighted by Crippen LogP contribution is -2.61. The molecule has 6 atom stereocenters. The van der Waals surface area contributed by atoms with Gasteiger partial charge in [0.25, 0.3) is 5.91 Å². The van der Waals surface area contributed by atoms with Crippen molar-refractivity contribution in [2.75, 3.05) is 31.5 Å². The minimum absolute atomic E-state index is 0.0387. The molecule has 2 heterocycles. The summed E-state index contributed by atoms with van der Waals surface area (Å²) in [6, 6.07) is -2.15. The molecule has 0 aliphatic carbocycles. The second-order valence-corrected chi connectivity index (χ2v) is 12.7. The van der Waals surface area contributed by atoms with E-state index in [2.05, 4.69) is 47.5 Å².